The summed E-state index contributed by atoms with van der Waals surface area (Å²) in [4.78, 5) is 0. The van der Waals surface area contributed by atoms with Crippen molar-refractivity contribution in [2.75, 3.05) is 0 Å². The van der Waals surface area contributed by atoms with E-state index in [2.05, 4.69) is 6.58 Å². The maximum atomic E-state index is 13.0. The van der Waals surface area contributed by atoms with E-state index in [9.17, 15) is 8.78 Å². The van der Waals surface area contributed by atoms with E-state index in [-0.39, 0.29) is 5.56 Å². The van der Waals surface area contributed by atoms with Gasteiger partial charge in [-0.25, -0.2) is 8.78 Å². The second-order valence-electron chi connectivity index (χ2n) is 2.57. The molecule has 0 amide bonds. The van der Waals surface area contributed by atoms with Crippen molar-refractivity contribution in [3.05, 3.63) is 41.7 Å². The molecule has 0 aliphatic carbocycles. The highest BCUT2D eigenvalue weighted by atomic mass is 19.1. The van der Waals surface area contributed by atoms with Gasteiger partial charge in [0, 0.05) is 5.56 Å². The van der Waals surface area contributed by atoms with Crippen LogP contribution in [0.5, 0.6) is 0 Å². The SMILES string of the molecule is C=C(F)c1ccc(CC)cc1F. The second-order valence-corrected chi connectivity index (χ2v) is 2.57. The van der Waals surface area contributed by atoms with Crippen molar-refractivity contribution in [3.8, 4) is 0 Å². The van der Waals surface area contributed by atoms with E-state index in [4.69, 9.17) is 0 Å². The standard InChI is InChI=1S/C10H10F2/c1-3-8-4-5-9(7(2)11)10(12)6-8/h4-6H,2-3H2,1H3. The van der Waals surface area contributed by atoms with Gasteiger partial charge in [0.15, 0.2) is 0 Å². The normalized spacial score (nSPS) is 9.92. The Balaban J connectivity index is 3.12. The molecule has 0 atom stereocenters. The van der Waals surface area contributed by atoms with E-state index in [0.29, 0.717) is 0 Å². The molecule has 12 heavy (non-hydrogen) atoms. The third-order valence-electron chi connectivity index (χ3n) is 1.73. The van der Waals surface area contributed by atoms with Crippen LogP contribution in [0.4, 0.5) is 8.78 Å². The molecule has 0 bridgehead atoms. The van der Waals surface area contributed by atoms with Crippen molar-refractivity contribution in [1.82, 2.24) is 0 Å². The zero-order valence-corrected chi connectivity index (χ0v) is 6.90. The molecule has 1 aromatic carbocycles. The Hall–Kier alpha value is -1.18. The fourth-order valence-corrected chi connectivity index (χ4v) is 0.999. The van der Waals surface area contributed by atoms with Crippen molar-refractivity contribution in [2.24, 2.45) is 0 Å². The van der Waals surface area contributed by atoms with Crippen molar-refractivity contribution < 1.29 is 8.78 Å². The van der Waals surface area contributed by atoms with Crippen molar-refractivity contribution in [2.45, 2.75) is 13.3 Å². The lowest BCUT2D eigenvalue weighted by Gasteiger charge is -2.01. The summed E-state index contributed by atoms with van der Waals surface area (Å²) in [6.45, 7) is 4.95. The Bertz CT molecular complexity index is 303. The van der Waals surface area contributed by atoms with Gasteiger partial charge in [-0.1, -0.05) is 19.6 Å². The van der Waals surface area contributed by atoms with Crippen molar-refractivity contribution in [1.29, 1.82) is 0 Å². The number of hydrogen-bond acceptors (Lipinski definition) is 0. The fraction of sp³-hybridized carbons (Fsp3) is 0.200. The minimum Gasteiger partial charge on any atom is -0.207 e. The molecule has 1 rings (SSSR count). The van der Waals surface area contributed by atoms with E-state index >= 15 is 0 Å². The Morgan fingerprint density at radius 3 is 2.58 bits per heavy atom. The molecule has 0 saturated carbocycles. The maximum absolute atomic E-state index is 13.0. The molecule has 0 nitrogen and oxygen atoms in total. The van der Waals surface area contributed by atoms with Crippen LogP contribution in [0.2, 0.25) is 0 Å². The Morgan fingerprint density at radius 2 is 2.17 bits per heavy atom. The third-order valence-corrected chi connectivity index (χ3v) is 1.73. The summed E-state index contributed by atoms with van der Waals surface area (Å²) in [5, 5.41) is 0. The predicted octanol–water partition coefficient (Wildman–Crippen LogP) is 3.33. The molecule has 0 aliphatic rings. The van der Waals surface area contributed by atoms with Gasteiger partial charge >= 0.3 is 0 Å². The minimum absolute atomic E-state index is 0.0489. The molecule has 0 heterocycles. The summed E-state index contributed by atoms with van der Waals surface area (Å²) in [6.07, 6.45) is 0.746. The zero-order valence-electron chi connectivity index (χ0n) is 6.90. The summed E-state index contributed by atoms with van der Waals surface area (Å²) < 4.78 is 25.5. The summed E-state index contributed by atoms with van der Waals surface area (Å²) >= 11 is 0. The van der Waals surface area contributed by atoms with Crippen molar-refractivity contribution >= 4 is 5.83 Å². The van der Waals surface area contributed by atoms with E-state index in [1.165, 1.54) is 12.1 Å². The Morgan fingerprint density at radius 1 is 1.50 bits per heavy atom. The fourth-order valence-electron chi connectivity index (χ4n) is 0.999. The van der Waals surface area contributed by atoms with Gasteiger partial charge in [-0.3, -0.25) is 0 Å². The Kier molecular flexibility index (Phi) is 2.58. The quantitative estimate of drug-likeness (QED) is 0.635. The summed E-state index contributed by atoms with van der Waals surface area (Å²) in [7, 11) is 0. The molecule has 0 fully saturated rings. The van der Waals surface area contributed by atoms with Gasteiger partial charge < -0.3 is 0 Å². The van der Waals surface area contributed by atoms with Crippen LogP contribution < -0.4 is 0 Å². The van der Waals surface area contributed by atoms with Crippen LogP contribution in [0.25, 0.3) is 5.83 Å². The summed E-state index contributed by atoms with van der Waals surface area (Å²) in [5.41, 5.74) is 0.810. The van der Waals surface area contributed by atoms with Gasteiger partial charge in [0.1, 0.15) is 11.6 Å². The molecular formula is C10H10F2. The minimum atomic E-state index is -0.727. The van der Waals surface area contributed by atoms with Gasteiger partial charge in [-0.2, -0.15) is 0 Å². The molecule has 0 saturated heterocycles. The van der Waals surface area contributed by atoms with Crippen LogP contribution in [-0.4, -0.2) is 0 Å². The third kappa shape index (κ3) is 1.70. The van der Waals surface area contributed by atoms with E-state index in [1.807, 2.05) is 6.92 Å². The van der Waals surface area contributed by atoms with Crippen LogP contribution in [-0.2, 0) is 6.42 Å². The molecular weight excluding hydrogens is 158 g/mol. The van der Waals surface area contributed by atoms with Crippen LogP contribution in [0.1, 0.15) is 18.1 Å². The first-order chi connectivity index (χ1) is 5.65. The van der Waals surface area contributed by atoms with Gasteiger partial charge in [0.05, 0.1) is 0 Å². The lowest BCUT2D eigenvalue weighted by Crippen LogP contribution is -1.88. The lowest BCUT2D eigenvalue weighted by molar-refractivity contribution is 0.613. The summed E-state index contributed by atoms with van der Waals surface area (Å²) in [6, 6.07) is 4.44. The highest BCUT2D eigenvalue weighted by molar-refractivity contribution is 5.57. The second kappa shape index (κ2) is 3.48. The van der Waals surface area contributed by atoms with Crippen molar-refractivity contribution in [3.63, 3.8) is 0 Å². The van der Waals surface area contributed by atoms with Gasteiger partial charge in [-0.05, 0) is 24.1 Å². The largest absolute Gasteiger partial charge is 0.207 e. The monoisotopic (exact) mass is 168 g/mol. The average Bonchev–Trinajstić information content (AvgIpc) is 2.03. The number of benzene rings is 1. The lowest BCUT2D eigenvalue weighted by atomic mass is 10.1. The molecule has 0 aliphatic heterocycles. The van der Waals surface area contributed by atoms with Gasteiger partial charge in [0.25, 0.3) is 0 Å². The highest BCUT2D eigenvalue weighted by Gasteiger charge is 2.05. The van der Waals surface area contributed by atoms with Crippen LogP contribution in [0.3, 0.4) is 0 Å². The Labute approximate surface area is 70.5 Å². The van der Waals surface area contributed by atoms with E-state index < -0.39 is 11.6 Å². The molecule has 1 aromatic rings. The first kappa shape index (κ1) is 8.91. The molecule has 64 valence electrons. The topological polar surface area (TPSA) is 0 Å². The van der Waals surface area contributed by atoms with Gasteiger partial charge in [0.2, 0.25) is 0 Å². The maximum Gasteiger partial charge on any atom is 0.133 e. The summed E-state index contributed by atoms with van der Waals surface area (Å²) in [5.74, 6) is -1.27. The predicted molar refractivity (Wildman–Crippen MR) is 45.9 cm³/mol. The smallest absolute Gasteiger partial charge is 0.133 e. The average molecular weight is 168 g/mol. The van der Waals surface area contributed by atoms with Crippen LogP contribution >= 0.6 is 0 Å². The highest BCUT2D eigenvalue weighted by Crippen LogP contribution is 2.18. The zero-order chi connectivity index (χ0) is 9.14. The molecule has 0 N–H and O–H groups in total. The molecule has 0 radical (unpaired) electrons. The molecule has 0 spiro atoms. The number of rotatable bonds is 2. The first-order valence-electron chi connectivity index (χ1n) is 3.78. The van der Waals surface area contributed by atoms with E-state index in [1.54, 1.807) is 6.07 Å². The first-order valence-corrected chi connectivity index (χ1v) is 3.78. The number of aryl methyl sites for hydroxylation is 1. The number of hydrogen-bond donors (Lipinski definition) is 0. The van der Waals surface area contributed by atoms with Crippen LogP contribution in [0.15, 0.2) is 24.8 Å². The van der Waals surface area contributed by atoms with Crippen LogP contribution in [0, 0.1) is 5.82 Å². The number of halogens is 2. The van der Waals surface area contributed by atoms with Gasteiger partial charge in [-0.15, -0.1) is 0 Å². The molecule has 0 unspecified atom stereocenters. The molecule has 0 aromatic heterocycles. The van der Waals surface area contributed by atoms with E-state index in [0.717, 1.165) is 12.0 Å². The molecule has 2 heteroatoms.